The Morgan fingerprint density at radius 2 is 0.588 bits per heavy atom. The van der Waals surface area contributed by atoms with Crippen LogP contribution in [0.2, 0.25) is 0 Å². The Hall–Kier alpha value is -2.92. The maximum absolute atomic E-state index is 12.3. The van der Waals surface area contributed by atoms with Gasteiger partial charge in [-0.15, -0.1) is 0 Å². The molecule has 1 atom stereocenters. The minimum atomic E-state index is -0.784. The normalized spacial score (nSPS) is 12.8. The van der Waals surface area contributed by atoms with Crippen LogP contribution in [0, 0.1) is 0 Å². The molecule has 0 aliphatic heterocycles. The summed E-state index contributed by atoms with van der Waals surface area (Å²) in [5.41, 5.74) is 0. The fourth-order valence-corrected chi connectivity index (χ4v) is 8.39. The summed E-state index contributed by atoms with van der Waals surface area (Å²) in [6.45, 7) is 3.90. The summed E-state index contributed by atoms with van der Waals surface area (Å²) >= 11 is 0. The van der Waals surface area contributed by atoms with E-state index >= 15 is 0 Å². The highest BCUT2D eigenvalue weighted by atomic mass is 16.6. The minimum absolute atomic E-state index is 0.0806. The standard InChI is InChI=1S/C63H110O5/c1-3-5-7-9-11-13-15-17-18-19-20-21-22-23-24-25-26-27-28-29-30-31-32-33-34-35-36-37-38-39-40-41-42-43-44-46-48-50-52-54-56-58-63(66)68-61(59-64)60-67-62(65)57-55-53-51-49-47-45-16-14-12-10-8-6-4-2/h5-8,11-14,17-18,20-21,45,47,61,64H,3-4,9-10,15-16,19,22-44,46,48-60H2,1-2H3/b7-5-,8-6-,13-11-,14-12-,18-17-,21-20-,47-45-. The number of ether oxygens (including phenoxy) is 2. The third-order valence-corrected chi connectivity index (χ3v) is 12.7. The molecule has 0 spiro atoms. The molecule has 0 aromatic rings. The van der Waals surface area contributed by atoms with Crippen molar-refractivity contribution in [1.82, 2.24) is 0 Å². The van der Waals surface area contributed by atoms with E-state index in [1.807, 2.05) is 0 Å². The lowest BCUT2D eigenvalue weighted by Gasteiger charge is -2.15. The molecule has 1 unspecified atom stereocenters. The first kappa shape index (κ1) is 65.1. The summed E-state index contributed by atoms with van der Waals surface area (Å²) < 4.78 is 10.6. The van der Waals surface area contributed by atoms with Crippen molar-refractivity contribution >= 4 is 11.9 Å². The molecule has 0 amide bonds. The van der Waals surface area contributed by atoms with Gasteiger partial charge in [-0.2, -0.15) is 0 Å². The van der Waals surface area contributed by atoms with Gasteiger partial charge in [-0.05, 0) is 83.5 Å². The number of carbonyl (C=O) groups excluding carboxylic acids is 2. The molecule has 0 fully saturated rings. The molecule has 5 nitrogen and oxygen atoms in total. The number of unbranched alkanes of at least 4 members (excludes halogenated alkanes) is 31. The van der Waals surface area contributed by atoms with Crippen molar-refractivity contribution in [2.45, 2.75) is 290 Å². The topological polar surface area (TPSA) is 72.8 Å². The van der Waals surface area contributed by atoms with Crippen LogP contribution in [-0.4, -0.2) is 36.4 Å². The summed E-state index contributed by atoms with van der Waals surface area (Å²) in [6.07, 6.45) is 81.7. The molecule has 0 saturated heterocycles. The van der Waals surface area contributed by atoms with E-state index in [9.17, 15) is 14.7 Å². The Morgan fingerprint density at radius 3 is 0.897 bits per heavy atom. The molecule has 68 heavy (non-hydrogen) atoms. The second-order valence-electron chi connectivity index (χ2n) is 19.3. The number of hydrogen-bond acceptors (Lipinski definition) is 5. The van der Waals surface area contributed by atoms with Gasteiger partial charge in [0, 0.05) is 12.8 Å². The summed E-state index contributed by atoms with van der Waals surface area (Å²) in [5, 5.41) is 9.61. The third kappa shape index (κ3) is 55.7. The number of carbonyl (C=O) groups is 2. The van der Waals surface area contributed by atoms with Crippen LogP contribution >= 0.6 is 0 Å². The molecule has 0 aliphatic carbocycles. The predicted molar refractivity (Wildman–Crippen MR) is 297 cm³/mol. The first-order valence-corrected chi connectivity index (χ1v) is 29.1. The second-order valence-corrected chi connectivity index (χ2v) is 19.3. The number of rotatable bonds is 53. The van der Waals surface area contributed by atoms with E-state index in [-0.39, 0.29) is 25.2 Å². The number of esters is 2. The number of aliphatic hydroxyl groups excluding tert-OH is 1. The Bertz CT molecular complexity index is 1250. The Morgan fingerprint density at radius 1 is 0.338 bits per heavy atom. The largest absolute Gasteiger partial charge is 0.462 e. The zero-order valence-corrected chi connectivity index (χ0v) is 44.9. The van der Waals surface area contributed by atoms with Gasteiger partial charge in [-0.1, -0.05) is 272 Å². The summed E-state index contributed by atoms with van der Waals surface area (Å²) in [6, 6.07) is 0. The molecule has 5 heteroatoms. The maximum atomic E-state index is 12.3. The van der Waals surface area contributed by atoms with E-state index in [0.29, 0.717) is 12.8 Å². The van der Waals surface area contributed by atoms with Crippen LogP contribution in [0.25, 0.3) is 0 Å². The smallest absolute Gasteiger partial charge is 0.306 e. The zero-order valence-electron chi connectivity index (χ0n) is 44.9. The summed E-state index contributed by atoms with van der Waals surface area (Å²) in [7, 11) is 0. The van der Waals surface area contributed by atoms with E-state index in [0.717, 1.165) is 89.9 Å². The molecular formula is C63H110O5. The van der Waals surface area contributed by atoms with Gasteiger partial charge in [0.05, 0.1) is 6.61 Å². The summed E-state index contributed by atoms with van der Waals surface area (Å²) in [4.78, 5) is 24.4. The van der Waals surface area contributed by atoms with Crippen molar-refractivity contribution in [3.8, 4) is 0 Å². The Kier molecular flexibility index (Phi) is 55.9. The van der Waals surface area contributed by atoms with Crippen molar-refractivity contribution in [3.05, 3.63) is 85.1 Å². The van der Waals surface area contributed by atoms with Crippen molar-refractivity contribution < 1.29 is 24.2 Å². The molecule has 0 aromatic heterocycles. The molecule has 0 heterocycles. The zero-order chi connectivity index (χ0) is 49.2. The SMILES string of the molecule is CC/C=C\C/C=C\C/C=C\C/C=C\CCCCCCCCCCCCCCCCCCCCCCCCCCCCCCC(=O)OC(CO)COC(=O)CCCCC/C=C\C/C=C\C/C=C\CC. The van der Waals surface area contributed by atoms with Gasteiger partial charge in [0.15, 0.2) is 6.10 Å². The molecule has 0 aliphatic rings. The fraction of sp³-hybridized carbons (Fsp3) is 0.746. The van der Waals surface area contributed by atoms with E-state index < -0.39 is 6.10 Å². The Labute approximate surface area is 422 Å². The van der Waals surface area contributed by atoms with Gasteiger partial charge >= 0.3 is 11.9 Å². The van der Waals surface area contributed by atoms with E-state index in [1.54, 1.807) is 0 Å². The second kappa shape index (κ2) is 58.4. The summed E-state index contributed by atoms with van der Waals surface area (Å²) in [5.74, 6) is -0.618. The first-order chi connectivity index (χ1) is 33.6. The van der Waals surface area contributed by atoms with Gasteiger partial charge in [0.2, 0.25) is 0 Å². The van der Waals surface area contributed by atoms with E-state index in [1.165, 1.54) is 167 Å². The van der Waals surface area contributed by atoms with Gasteiger partial charge in [-0.25, -0.2) is 0 Å². The highest BCUT2D eigenvalue weighted by molar-refractivity contribution is 5.70. The van der Waals surface area contributed by atoms with Crippen molar-refractivity contribution in [2.75, 3.05) is 13.2 Å². The molecule has 392 valence electrons. The molecule has 0 aromatic carbocycles. The van der Waals surface area contributed by atoms with E-state index in [2.05, 4.69) is 98.9 Å². The van der Waals surface area contributed by atoms with Crippen LogP contribution in [0.4, 0.5) is 0 Å². The first-order valence-electron chi connectivity index (χ1n) is 29.1. The fourth-order valence-electron chi connectivity index (χ4n) is 8.39. The van der Waals surface area contributed by atoms with E-state index in [4.69, 9.17) is 9.47 Å². The highest BCUT2D eigenvalue weighted by Gasteiger charge is 2.16. The van der Waals surface area contributed by atoms with Crippen molar-refractivity contribution in [2.24, 2.45) is 0 Å². The molecular weight excluding hydrogens is 837 g/mol. The molecule has 0 bridgehead atoms. The van der Waals surface area contributed by atoms with Gasteiger partial charge in [-0.3, -0.25) is 9.59 Å². The van der Waals surface area contributed by atoms with Crippen LogP contribution in [0.5, 0.6) is 0 Å². The lowest BCUT2D eigenvalue weighted by molar-refractivity contribution is -0.161. The maximum Gasteiger partial charge on any atom is 0.306 e. The average molecular weight is 948 g/mol. The van der Waals surface area contributed by atoms with Crippen LogP contribution in [0.3, 0.4) is 0 Å². The minimum Gasteiger partial charge on any atom is -0.462 e. The van der Waals surface area contributed by atoms with Crippen LogP contribution < -0.4 is 0 Å². The van der Waals surface area contributed by atoms with Crippen LogP contribution in [-0.2, 0) is 19.1 Å². The van der Waals surface area contributed by atoms with Gasteiger partial charge < -0.3 is 14.6 Å². The number of aliphatic hydroxyl groups is 1. The number of allylic oxidation sites excluding steroid dienone is 14. The average Bonchev–Trinajstić information content (AvgIpc) is 3.34. The molecule has 0 radical (unpaired) electrons. The molecule has 0 rings (SSSR count). The van der Waals surface area contributed by atoms with Gasteiger partial charge in [0.25, 0.3) is 0 Å². The van der Waals surface area contributed by atoms with Crippen LogP contribution in [0.15, 0.2) is 85.1 Å². The van der Waals surface area contributed by atoms with Gasteiger partial charge in [0.1, 0.15) is 6.61 Å². The lowest BCUT2D eigenvalue weighted by Crippen LogP contribution is -2.28. The third-order valence-electron chi connectivity index (χ3n) is 12.7. The lowest BCUT2D eigenvalue weighted by atomic mass is 10.0. The van der Waals surface area contributed by atoms with Crippen LogP contribution in [0.1, 0.15) is 284 Å². The quantitative estimate of drug-likeness (QED) is 0.0374. The monoisotopic (exact) mass is 947 g/mol. The molecule has 1 N–H and O–H groups in total. The molecule has 0 saturated carbocycles. The highest BCUT2D eigenvalue weighted by Crippen LogP contribution is 2.17. The Balaban J connectivity index is 3.38. The van der Waals surface area contributed by atoms with Crippen molar-refractivity contribution in [1.29, 1.82) is 0 Å². The van der Waals surface area contributed by atoms with Crippen molar-refractivity contribution in [3.63, 3.8) is 0 Å². The predicted octanol–water partition coefficient (Wildman–Crippen LogP) is 19.8. The number of hydrogen-bond donors (Lipinski definition) is 1.